The third kappa shape index (κ3) is 7.45. The summed E-state index contributed by atoms with van der Waals surface area (Å²) in [6.07, 6.45) is 3.11. The lowest BCUT2D eigenvalue weighted by atomic mass is 10.1. The molecule has 0 unspecified atom stereocenters. The molecule has 7 heterocycles. The van der Waals surface area contributed by atoms with E-state index in [4.69, 9.17) is 13.1 Å². The monoisotopic (exact) mass is 924 g/mol. The van der Waals surface area contributed by atoms with Crippen molar-refractivity contribution >= 4 is 45.9 Å². The molecule has 0 fully saturated rings. The Bertz CT molecular complexity index is 3530. The number of nitrogens with zero attached hydrogens (tertiary/aromatic N) is 24. The molecule has 3 N–H and O–H groups in total. The summed E-state index contributed by atoms with van der Waals surface area (Å²) in [4.78, 5) is 57.9. The van der Waals surface area contributed by atoms with Gasteiger partial charge in [-0.15, -0.1) is 30.7 Å². The van der Waals surface area contributed by atoms with Crippen LogP contribution in [-0.2, 0) is 21.1 Å². The smallest absolute Gasteiger partial charge is 0.271 e. The topological polar surface area (TPSA) is 397 Å². The number of pyridine rings is 3. The van der Waals surface area contributed by atoms with Crippen molar-refractivity contribution in [1.29, 1.82) is 21.0 Å². The summed E-state index contributed by atoms with van der Waals surface area (Å²) in [6.45, 7) is 19.3. The Morgan fingerprint density at radius 2 is 0.884 bits per heavy atom. The molecule has 30 heteroatoms. The molecule has 336 valence electrons. The van der Waals surface area contributed by atoms with Crippen molar-refractivity contribution in [3.05, 3.63) is 111 Å². The normalized spacial score (nSPS) is 11.1. The minimum absolute atomic E-state index is 0.0490. The number of nitriles is 4. The van der Waals surface area contributed by atoms with Gasteiger partial charge in [0.1, 0.15) is 52.2 Å². The number of aromatic nitrogens is 12. The van der Waals surface area contributed by atoms with Gasteiger partial charge in [-0.2, -0.15) is 65.3 Å². The third-order valence-corrected chi connectivity index (χ3v) is 10.1. The van der Waals surface area contributed by atoms with Crippen molar-refractivity contribution in [3.8, 4) is 59.8 Å². The molecular weight excluding hydrogens is 901 g/mol. The van der Waals surface area contributed by atoms with Gasteiger partial charge in [0.2, 0.25) is 17.6 Å². The second-order valence-electron chi connectivity index (χ2n) is 13.9. The first-order chi connectivity index (χ1) is 33.0. The summed E-state index contributed by atoms with van der Waals surface area (Å²) < 4.78 is 4.87. The standard InChI is InChI=1S/C39H24N24O6/c1-16-21(11-42)31(64)58(6)34(67)25(16)52-55-28-19(9-40)13-46-61(28)37-49-38(62-29(20(10-41)14-47-62)56-53-26-17(2)22(12-43)32(65)59(7)35(26)68)51-39(50-37)63-30(23(44-4)15-48-63)57-54-27-18(3)24(45-5)33(66)60(8)36(27)69/h13-15,67-69H,1-3,6-8H3/b55-52+,56-53+,57-54+. The molecule has 0 radical (unpaired) electrons. The molecular formula is C39H24N24O6. The molecule has 7 aromatic heterocycles. The van der Waals surface area contributed by atoms with E-state index in [1.54, 1.807) is 12.1 Å². The van der Waals surface area contributed by atoms with Crippen LogP contribution in [0, 0.1) is 79.2 Å². The molecule has 7 rings (SSSR count). The van der Waals surface area contributed by atoms with Crippen LogP contribution in [0.3, 0.4) is 0 Å². The highest BCUT2D eigenvalue weighted by Crippen LogP contribution is 2.38. The largest absolute Gasteiger partial charge is 0.493 e. The summed E-state index contributed by atoms with van der Waals surface area (Å²) in [6, 6.07) is 7.27. The maximum absolute atomic E-state index is 12.6. The molecule has 7 aromatic rings. The molecule has 0 amide bonds. The van der Waals surface area contributed by atoms with Crippen LogP contribution in [0.4, 0.5) is 45.9 Å². The lowest BCUT2D eigenvalue weighted by molar-refractivity contribution is 0.423. The van der Waals surface area contributed by atoms with E-state index < -0.39 is 69.6 Å². The Hall–Kier alpha value is -11.4. The van der Waals surface area contributed by atoms with E-state index in [9.17, 15) is 50.8 Å². The van der Waals surface area contributed by atoms with Gasteiger partial charge in [-0.25, -0.2) is 9.69 Å². The van der Waals surface area contributed by atoms with Crippen molar-refractivity contribution in [3.63, 3.8) is 0 Å². The van der Waals surface area contributed by atoms with Crippen molar-refractivity contribution in [1.82, 2.24) is 58.0 Å². The van der Waals surface area contributed by atoms with Crippen LogP contribution in [0.2, 0.25) is 0 Å². The van der Waals surface area contributed by atoms with Crippen LogP contribution in [0.5, 0.6) is 17.6 Å². The Morgan fingerprint density at radius 3 is 1.26 bits per heavy atom. The Morgan fingerprint density at radius 1 is 0.522 bits per heavy atom. The molecule has 0 atom stereocenters. The number of aromatic hydroxyl groups is 3. The summed E-state index contributed by atoms with van der Waals surface area (Å²) in [5, 5.41) is 109. The fraction of sp³-hybridized carbons (Fsp3) is 0.154. The Labute approximate surface area is 383 Å². The zero-order valence-corrected chi connectivity index (χ0v) is 36.0. The number of hydrogen-bond donors (Lipinski definition) is 3. The molecule has 0 bridgehead atoms. The predicted octanol–water partition coefficient (Wildman–Crippen LogP) is 4.40. The average molecular weight is 925 g/mol. The van der Waals surface area contributed by atoms with Gasteiger partial charge >= 0.3 is 0 Å². The average Bonchev–Trinajstić information content (AvgIpc) is 4.09. The zero-order valence-electron chi connectivity index (χ0n) is 36.0. The highest BCUT2D eigenvalue weighted by Gasteiger charge is 2.26. The fourth-order valence-electron chi connectivity index (χ4n) is 6.25. The first-order valence-electron chi connectivity index (χ1n) is 18.9. The maximum atomic E-state index is 12.6. The fourth-order valence-corrected chi connectivity index (χ4v) is 6.25. The molecule has 0 aliphatic heterocycles. The molecule has 0 spiro atoms. The van der Waals surface area contributed by atoms with E-state index in [2.05, 4.69) is 70.6 Å². The van der Waals surface area contributed by atoms with E-state index in [1.165, 1.54) is 41.9 Å². The zero-order chi connectivity index (χ0) is 50.2. The first kappa shape index (κ1) is 45.6. The van der Waals surface area contributed by atoms with Gasteiger partial charge in [0.15, 0.2) is 28.8 Å². The second-order valence-corrected chi connectivity index (χ2v) is 13.9. The molecule has 0 saturated heterocycles. The summed E-state index contributed by atoms with van der Waals surface area (Å²) in [5.74, 6) is -4.83. The SMILES string of the molecule is [C-]#[N+]c1cnn(-c2nc(-n3ncc(C#N)c3/N=N/c3c(C)c(C#N)c(=O)n(C)c3O)nc(-n3ncc(C#N)c3/N=N/c3c(C)c(C#N)c(=O)n(C)c3O)n2)c1/N=N/c1c(C)c([N+]#[C-])c(=O)n(C)c1O. The minimum Gasteiger partial charge on any atom is -0.493 e. The van der Waals surface area contributed by atoms with Crippen LogP contribution in [0.25, 0.3) is 27.5 Å². The molecule has 0 aliphatic carbocycles. The van der Waals surface area contributed by atoms with Gasteiger partial charge in [0.25, 0.3) is 45.9 Å². The number of hydrogen-bond acceptors (Lipinski definition) is 22. The van der Waals surface area contributed by atoms with Crippen molar-refractivity contribution in [2.24, 2.45) is 51.8 Å². The third-order valence-electron chi connectivity index (χ3n) is 10.1. The highest BCUT2D eigenvalue weighted by molar-refractivity contribution is 5.68. The van der Waals surface area contributed by atoms with E-state index in [0.717, 1.165) is 46.3 Å². The molecule has 0 aromatic carbocycles. The van der Waals surface area contributed by atoms with Crippen LogP contribution in [0.15, 0.2) is 63.7 Å². The van der Waals surface area contributed by atoms with Crippen molar-refractivity contribution < 1.29 is 15.3 Å². The lowest BCUT2D eigenvalue weighted by Crippen LogP contribution is -2.20. The Kier molecular flexibility index (Phi) is 11.7. The van der Waals surface area contributed by atoms with Gasteiger partial charge in [-0.1, -0.05) is 0 Å². The molecule has 0 aliphatic rings. The Balaban J connectivity index is 1.50. The molecule has 69 heavy (non-hydrogen) atoms. The van der Waals surface area contributed by atoms with Gasteiger partial charge in [-0.3, -0.25) is 28.1 Å². The van der Waals surface area contributed by atoms with E-state index in [-0.39, 0.29) is 67.4 Å². The maximum Gasteiger partial charge on any atom is 0.271 e. The van der Waals surface area contributed by atoms with Gasteiger partial charge in [0, 0.05) is 32.3 Å². The van der Waals surface area contributed by atoms with Crippen molar-refractivity contribution in [2.45, 2.75) is 20.8 Å². The summed E-state index contributed by atoms with van der Waals surface area (Å²) in [7, 11) is 3.57. The van der Waals surface area contributed by atoms with Gasteiger partial charge in [0.05, 0.1) is 31.7 Å². The van der Waals surface area contributed by atoms with Crippen LogP contribution < -0.4 is 16.7 Å². The molecule has 30 nitrogen and oxygen atoms in total. The summed E-state index contributed by atoms with van der Waals surface area (Å²) in [5.41, 5.74) is -5.49. The van der Waals surface area contributed by atoms with E-state index >= 15 is 0 Å². The minimum atomic E-state index is -0.821. The van der Waals surface area contributed by atoms with E-state index in [1.807, 2.05) is 12.1 Å². The van der Waals surface area contributed by atoms with Crippen LogP contribution in [-0.4, -0.2) is 73.3 Å². The summed E-state index contributed by atoms with van der Waals surface area (Å²) >= 11 is 0. The highest BCUT2D eigenvalue weighted by atomic mass is 16.3. The van der Waals surface area contributed by atoms with Crippen LogP contribution >= 0.6 is 0 Å². The van der Waals surface area contributed by atoms with E-state index in [0.29, 0.717) is 0 Å². The first-order valence-corrected chi connectivity index (χ1v) is 18.9. The van der Waals surface area contributed by atoms with Crippen LogP contribution in [0.1, 0.15) is 38.9 Å². The number of azo groups is 3. The predicted molar refractivity (Wildman–Crippen MR) is 229 cm³/mol. The lowest BCUT2D eigenvalue weighted by Gasteiger charge is -2.11. The number of rotatable bonds is 9. The molecule has 0 saturated carbocycles. The second kappa shape index (κ2) is 17.7. The van der Waals surface area contributed by atoms with Crippen molar-refractivity contribution in [2.75, 3.05) is 0 Å². The quantitative estimate of drug-likeness (QED) is 0.133. The van der Waals surface area contributed by atoms with Gasteiger partial charge in [-0.05, 0) is 26.3 Å². The van der Waals surface area contributed by atoms with Gasteiger partial charge < -0.3 is 15.3 Å².